The molecular formula is C17H25N3O. The van der Waals surface area contributed by atoms with Gasteiger partial charge in [-0.25, -0.2) is 0 Å². The van der Waals surface area contributed by atoms with Gasteiger partial charge in [0.1, 0.15) is 5.75 Å². The lowest BCUT2D eigenvalue weighted by molar-refractivity contribution is 0.411. The van der Waals surface area contributed by atoms with Crippen molar-refractivity contribution < 1.29 is 4.74 Å². The van der Waals surface area contributed by atoms with Crippen LogP contribution in [0.3, 0.4) is 0 Å². The Bertz CT molecular complexity index is 631. The van der Waals surface area contributed by atoms with Crippen LogP contribution in [-0.4, -0.2) is 23.9 Å². The highest BCUT2D eigenvalue weighted by Crippen LogP contribution is 2.30. The molecule has 1 aromatic carbocycles. The van der Waals surface area contributed by atoms with Gasteiger partial charge in [-0.1, -0.05) is 13.0 Å². The summed E-state index contributed by atoms with van der Waals surface area (Å²) in [6.45, 7) is 6.33. The Morgan fingerprint density at radius 2 is 1.95 bits per heavy atom. The van der Waals surface area contributed by atoms with E-state index in [0.717, 1.165) is 23.4 Å². The number of aryl methyl sites for hydroxylation is 4. The van der Waals surface area contributed by atoms with Gasteiger partial charge in [0.15, 0.2) is 0 Å². The van der Waals surface area contributed by atoms with Crippen molar-refractivity contribution in [3.63, 3.8) is 0 Å². The van der Waals surface area contributed by atoms with Gasteiger partial charge < -0.3 is 10.1 Å². The first-order valence-electron chi connectivity index (χ1n) is 7.37. The highest BCUT2D eigenvalue weighted by molar-refractivity contribution is 5.45. The van der Waals surface area contributed by atoms with Crippen LogP contribution in [0, 0.1) is 13.8 Å². The van der Waals surface area contributed by atoms with Crippen LogP contribution in [0.15, 0.2) is 18.2 Å². The second kappa shape index (κ2) is 6.31. The van der Waals surface area contributed by atoms with Crippen molar-refractivity contribution in [3.8, 4) is 5.75 Å². The third-order valence-electron chi connectivity index (χ3n) is 4.01. The summed E-state index contributed by atoms with van der Waals surface area (Å²) in [6, 6.07) is 6.62. The molecule has 1 aromatic heterocycles. The van der Waals surface area contributed by atoms with Gasteiger partial charge in [0.25, 0.3) is 0 Å². The summed E-state index contributed by atoms with van der Waals surface area (Å²) in [5.74, 6) is 0.936. The van der Waals surface area contributed by atoms with Crippen LogP contribution in [-0.2, 0) is 13.5 Å². The van der Waals surface area contributed by atoms with Crippen molar-refractivity contribution in [2.24, 2.45) is 7.05 Å². The molecule has 1 heterocycles. The van der Waals surface area contributed by atoms with Gasteiger partial charge in [0, 0.05) is 7.05 Å². The molecule has 0 aliphatic rings. The number of rotatable bonds is 5. The Kier molecular flexibility index (Phi) is 4.68. The largest absolute Gasteiger partial charge is 0.496 e. The molecule has 0 saturated heterocycles. The average Bonchev–Trinajstić information content (AvgIpc) is 2.84. The number of benzene rings is 1. The van der Waals surface area contributed by atoms with E-state index in [-0.39, 0.29) is 6.04 Å². The highest BCUT2D eigenvalue weighted by Gasteiger charge is 2.20. The Morgan fingerprint density at radius 1 is 1.24 bits per heavy atom. The third-order valence-corrected chi connectivity index (χ3v) is 4.01. The molecule has 1 N–H and O–H groups in total. The van der Waals surface area contributed by atoms with Crippen LogP contribution < -0.4 is 10.1 Å². The molecular weight excluding hydrogens is 262 g/mol. The monoisotopic (exact) mass is 287 g/mol. The van der Waals surface area contributed by atoms with Crippen molar-refractivity contribution in [1.29, 1.82) is 0 Å². The first-order chi connectivity index (χ1) is 10.0. The number of hydrogen-bond acceptors (Lipinski definition) is 3. The molecule has 0 bridgehead atoms. The molecule has 4 nitrogen and oxygen atoms in total. The summed E-state index contributed by atoms with van der Waals surface area (Å²) in [5, 5.41) is 7.98. The van der Waals surface area contributed by atoms with E-state index >= 15 is 0 Å². The molecule has 0 aliphatic carbocycles. The van der Waals surface area contributed by atoms with Crippen molar-refractivity contribution in [3.05, 3.63) is 46.3 Å². The van der Waals surface area contributed by atoms with Gasteiger partial charge >= 0.3 is 0 Å². The average molecular weight is 287 g/mol. The zero-order valence-electron chi connectivity index (χ0n) is 13.8. The molecule has 0 fully saturated rings. The van der Waals surface area contributed by atoms with Crippen LogP contribution in [0.2, 0.25) is 0 Å². The Morgan fingerprint density at radius 3 is 2.48 bits per heavy atom. The molecule has 2 rings (SSSR count). The van der Waals surface area contributed by atoms with E-state index in [1.807, 2.05) is 18.8 Å². The zero-order valence-corrected chi connectivity index (χ0v) is 13.8. The second-order valence-electron chi connectivity index (χ2n) is 5.44. The van der Waals surface area contributed by atoms with Gasteiger partial charge in [-0.15, -0.1) is 0 Å². The fourth-order valence-electron chi connectivity index (χ4n) is 2.79. The quantitative estimate of drug-likeness (QED) is 0.919. The first kappa shape index (κ1) is 15.6. The Labute approximate surface area is 127 Å². The zero-order chi connectivity index (χ0) is 15.6. The maximum atomic E-state index is 5.41. The predicted octanol–water partition coefficient (Wildman–Crippen LogP) is 2.92. The van der Waals surface area contributed by atoms with Crippen LogP contribution >= 0.6 is 0 Å². The molecule has 2 aromatic rings. The first-order valence-corrected chi connectivity index (χ1v) is 7.37. The number of nitrogens with one attached hydrogen (secondary N) is 1. The molecule has 0 amide bonds. The summed E-state index contributed by atoms with van der Waals surface area (Å²) >= 11 is 0. The number of hydrogen-bond donors (Lipinski definition) is 1. The smallest absolute Gasteiger partial charge is 0.122 e. The van der Waals surface area contributed by atoms with Gasteiger partial charge in [-0.3, -0.25) is 4.68 Å². The van der Waals surface area contributed by atoms with Crippen molar-refractivity contribution in [1.82, 2.24) is 15.1 Å². The summed E-state index contributed by atoms with van der Waals surface area (Å²) in [6.07, 6.45) is 0.949. The van der Waals surface area contributed by atoms with Crippen molar-refractivity contribution in [2.45, 2.75) is 33.2 Å². The van der Waals surface area contributed by atoms with Crippen LogP contribution in [0.25, 0.3) is 0 Å². The predicted molar refractivity (Wildman–Crippen MR) is 86.0 cm³/mol. The number of ether oxygens (including phenoxy) is 1. The van der Waals surface area contributed by atoms with E-state index in [1.165, 1.54) is 16.8 Å². The minimum absolute atomic E-state index is 0.132. The number of aromatic nitrogens is 2. The Hall–Kier alpha value is -1.81. The maximum absolute atomic E-state index is 5.41. The van der Waals surface area contributed by atoms with Gasteiger partial charge in [0.2, 0.25) is 0 Å². The number of methoxy groups -OCH3 is 1. The van der Waals surface area contributed by atoms with Crippen molar-refractivity contribution in [2.75, 3.05) is 14.2 Å². The van der Waals surface area contributed by atoms with Crippen LogP contribution in [0.1, 0.15) is 41.0 Å². The number of nitrogens with zero attached hydrogens (tertiary/aromatic N) is 2. The van der Waals surface area contributed by atoms with Gasteiger partial charge in [-0.05, 0) is 56.1 Å². The van der Waals surface area contributed by atoms with Gasteiger partial charge in [0.05, 0.1) is 24.5 Å². The SMILES string of the molecule is CCc1cc(C(NC)c2cc(C)c(OC)cc2C)n(C)n1. The van der Waals surface area contributed by atoms with E-state index in [4.69, 9.17) is 4.74 Å². The molecule has 0 aliphatic heterocycles. The topological polar surface area (TPSA) is 39.1 Å². The molecule has 4 heteroatoms. The van der Waals surface area contributed by atoms with E-state index in [1.54, 1.807) is 7.11 Å². The minimum atomic E-state index is 0.132. The van der Waals surface area contributed by atoms with E-state index in [0.29, 0.717) is 0 Å². The lowest BCUT2D eigenvalue weighted by Crippen LogP contribution is -2.21. The van der Waals surface area contributed by atoms with E-state index in [2.05, 4.69) is 49.4 Å². The molecule has 0 radical (unpaired) electrons. The van der Waals surface area contributed by atoms with Gasteiger partial charge in [-0.2, -0.15) is 5.10 Å². The third kappa shape index (κ3) is 2.95. The summed E-state index contributed by atoms with van der Waals surface area (Å²) < 4.78 is 7.38. The molecule has 0 spiro atoms. The summed E-state index contributed by atoms with van der Waals surface area (Å²) in [7, 11) is 5.71. The fraction of sp³-hybridized carbons (Fsp3) is 0.471. The normalized spacial score (nSPS) is 12.5. The maximum Gasteiger partial charge on any atom is 0.122 e. The van der Waals surface area contributed by atoms with Crippen molar-refractivity contribution >= 4 is 0 Å². The fourth-order valence-corrected chi connectivity index (χ4v) is 2.79. The molecule has 114 valence electrons. The van der Waals surface area contributed by atoms with E-state index < -0.39 is 0 Å². The lowest BCUT2D eigenvalue weighted by atomic mass is 9.96. The highest BCUT2D eigenvalue weighted by atomic mass is 16.5. The molecule has 0 saturated carbocycles. The van der Waals surface area contributed by atoms with Crippen LogP contribution in [0.5, 0.6) is 5.75 Å². The summed E-state index contributed by atoms with van der Waals surface area (Å²) in [4.78, 5) is 0. The second-order valence-corrected chi connectivity index (χ2v) is 5.44. The summed E-state index contributed by atoms with van der Waals surface area (Å²) in [5.41, 5.74) is 5.94. The molecule has 1 unspecified atom stereocenters. The molecule has 21 heavy (non-hydrogen) atoms. The van der Waals surface area contributed by atoms with Crippen LogP contribution in [0.4, 0.5) is 0 Å². The lowest BCUT2D eigenvalue weighted by Gasteiger charge is -2.21. The Balaban J connectivity index is 2.50. The van der Waals surface area contributed by atoms with E-state index in [9.17, 15) is 0 Å². The molecule has 1 atom stereocenters. The minimum Gasteiger partial charge on any atom is -0.496 e. The standard InChI is InChI=1S/C17H25N3O/c1-7-13-10-15(20(5)19-13)17(18-4)14-8-12(3)16(21-6)9-11(14)2/h8-10,17-18H,7H2,1-6H3.